The number of aryl methyl sites for hydroxylation is 1. The third-order valence-corrected chi connectivity index (χ3v) is 2.82. The highest BCUT2D eigenvalue weighted by molar-refractivity contribution is 5.08. The summed E-state index contributed by atoms with van der Waals surface area (Å²) in [5, 5.41) is 3.42. The third kappa shape index (κ3) is 5.33. The minimum atomic E-state index is 0.339. The second kappa shape index (κ2) is 7.45. The minimum Gasteiger partial charge on any atom is -0.379 e. The van der Waals surface area contributed by atoms with E-state index in [1.54, 1.807) is 0 Å². The highest BCUT2D eigenvalue weighted by atomic mass is 16.5. The van der Waals surface area contributed by atoms with Gasteiger partial charge in [-0.2, -0.15) is 0 Å². The molecule has 0 radical (unpaired) electrons. The number of hydrogen-bond donors (Lipinski definition) is 1. The Balaban J connectivity index is 2.03. The fourth-order valence-electron chi connectivity index (χ4n) is 1.61. The van der Waals surface area contributed by atoms with Gasteiger partial charge in [-0.05, 0) is 40.7 Å². The van der Waals surface area contributed by atoms with Crippen molar-refractivity contribution < 1.29 is 4.74 Å². The Morgan fingerprint density at radius 3 is 2.71 bits per heavy atom. The van der Waals surface area contributed by atoms with Crippen molar-refractivity contribution in [2.45, 2.75) is 46.8 Å². The fourth-order valence-corrected chi connectivity index (χ4v) is 1.61. The van der Waals surface area contributed by atoms with E-state index in [0.717, 1.165) is 38.4 Å². The predicted molar refractivity (Wildman–Crippen MR) is 70.3 cm³/mol. The zero-order valence-electron chi connectivity index (χ0n) is 11.5. The van der Waals surface area contributed by atoms with Gasteiger partial charge in [-0.1, -0.05) is 0 Å². The van der Waals surface area contributed by atoms with Crippen LogP contribution in [0.4, 0.5) is 0 Å². The molecule has 1 heterocycles. The summed E-state index contributed by atoms with van der Waals surface area (Å²) in [7, 11) is 0. The van der Waals surface area contributed by atoms with Crippen LogP contribution in [-0.2, 0) is 11.3 Å². The summed E-state index contributed by atoms with van der Waals surface area (Å²) in [5.74, 6) is 0. The fraction of sp³-hybridized carbons (Fsp3) is 0.769. The number of aromatic nitrogens is 2. The summed E-state index contributed by atoms with van der Waals surface area (Å²) in [6.45, 7) is 12.1. The molecule has 1 aromatic heterocycles. The van der Waals surface area contributed by atoms with Crippen LogP contribution in [0.25, 0.3) is 0 Å². The maximum atomic E-state index is 5.47. The van der Waals surface area contributed by atoms with Gasteiger partial charge < -0.3 is 14.6 Å². The van der Waals surface area contributed by atoms with E-state index >= 15 is 0 Å². The van der Waals surface area contributed by atoms with Crippen molar-refractivity contribution in [1.82, 2.24) is 14.9 Å². The van der Waals surface area contributed by atoms with Gasteiger partial charge in [0.05, 0.1) is 18.1 Å². The molecule has 1 rings (SSSR count). The number of hydrogen-bond acceptors (Lipinski definition) is 3. The lowest BCUT2D eigenvalue weighted by atomic mass is 10.4. The molecule has 0 unspecified atom stereocenters. The normalized spacial score (nSPS) is 11.4. The van der Waals surface area contributed by atoms with Crippen LogP contribution in [-0.4, -0.2) is 35.4 Å². The molecule has 1 N–H and O–H groups in total. The van der Waals surface area contributed by atoms with Gasteiger partial charge in [0.25, 0.3) is 0 Å². The van der Waals surface area contributed by atoms with E-state index in [0.29, 0.717) is 6.10 Å². The summed E-state index contributed by atoms with van der Waals surface area (Å²) >= 11 is 0. The van der Waals surface area contributed by atoms with E-state index in [2.05, 4.69) is 35.6 Å². The summed E-state index contributed by atoms with van der Waals surface area (Å²) in [6.07, 6.45) is 3.32. The van der Waals surface area contributed by atoms with E-state index in [1.807, 2.05) is 13.3 Å². The Labute approximate surface area is 104 Å². The van der Waals surface area contributed by atoms with Crippen molar-refractivity contribution in [3.05, 3.63) is 17.7 Å². The molecule has 4 heteroatoms. The number of imidazole rings is 1. The van der Waals surface area contributed by atoms with Crippen LogP contribution in [0.2, 0.25) is 0 Å². The molecule has 0 fully saturated rings. The first-order valence-corrected chi connectivity index (χ1v) is 6.42. The largest absolute Gasteiger partial charge is 0.379 e. The molecule has 0 aliphatic rings. The van der Waals surface area contributed by atoms with E-state index < -0.39 is 0 Å². The Bertz CT molecular complexity index is 320. The van der Waals surface area contributed by atoms with Crippen molar-refractivity contribution in [1.29, 1.82) is 0 Å². The van der Waals surface area contributed by atoms with Gasteiger partial charge in [0, 0.05) is 25.4 Å². The molecule has 0 amide bonds. The maximum Gasteiger partial charge on any atom is 0.0951 e. The highest BCUT2D eigenvalue weighted by Crippen LogP contribution is 2.02. The van der Waals surface area contributed by atoms with Crippen LogP contribution in [0.1, 0.15) is 31.7 Å². The van der Waals surface area contributed by atoms with Crippen molar-refractivity contribution in [2.24, 2.45) is 0 Å². The zero-order valence-corrected chi connectivity index (χ0v) is 11.5. The van der Waals surface area contributed by atoms with Gasteiger partial charge in [-0.3, -0.25) is 0 Å². The SMILES string of the molecule is Cc1ncn(CCNCCCOC(C)C)c1C. The molecule has 4 nitrogen and oxygen atoms in total. The standard InChI is InChI=1S/C13H25N3O/c1-11(2)17-9-5-6-14-7-8-16-10-15-12(3)13(16)4/h10-11,14H,5-9H2,1-4H3. The monoisotopic (exact) mass is 239 g/mol. The molecular formula is C13H25N3O. The molecule has 1 aromatic rings. The molecule has 0 saturated carbocycles. The number of ether oxygens (including phenoxy) is 1. The van der Waals surface area contributed by atoms with E-state index in [-0.39, 0.29) is 0 Å². The Hall–Kier alpha value is -0.870. The average Bonchev–Trinajstić information content (AvgIpc) is 2.59. The van der Waals surface area contributed by atoms with Crippen molar-refractivity contribution in [3.8, 4) is 0 Å². The molecule has 0 spiro atoms. The first-order chi connectivity index (χ1) is 8.11. The summed E-state index contributed by atoms with van der Waals surface area (Å²) < 4.78 is 7.66. The molecule has 0 bridgehead atoms. The quantitative estimate of drug-likeness (QED) is 0.704. The van der Waals surface area contributed by atoms with Crippen LogP contribution in [0.15, 0.2) is 6.33 Å². The summed E-state index contributed by atoms with van der Waals surface area (Å²) in [6, 6.07) is 0. The Kier molecular flexibility index (Phi) is 6.22. The van der Waals surface area contributed by atoms with Crippen molar-refractivity contribution >= 4 is 0 Å². The van der Waals surface area contributed by atoms with Crippen molar-refractivity contribution in [2.75, 3.05) is 19.7 Å². The lowest BCUT2D eigenvalue weighted by Gasteiger charge is -2.09. The summed E-state index contributed by atoms with van der Waals surface area (Å²) in [4.78, 5) is 4.28. The molecule has 98 valence electrons. The second-order valence-corrected chi connectivity index (χ2v) is 4.63. The smallest absolute Gasteiger partial charge is 0.0951 e. The number of rotatable bonds is 8. The van der Waals surface area contributed by atoms with Crippen LogP contribution in [0.5, 0.6) is 0 Å². The Morgan fingerprint density at radius 2 is 2.12 bits per heavy atom. The first kappa shape index (κ1) is 14.2. The van der Waals surface area contributed by atoms with Gasteiger partial charge in [0.15, 0.2) is 0 Å². The molecule has 0 aliphatic carbocycles. The summed E-state index contributed by atoms with van der Waals surface area (Å²) in [5.41, 5.74) is 2.38. The third-order valence-electron chi connectivity index (χ3n) is 2.82. The zero-order chi connectivity index (χ0) is 12.7. The molecule has 0 aromatic carbocycles. The molecule has 0 saturated heterocycles. The van der Waals surface area contributed by atoms with Crippen LogP contribution in [0.3, 0.4) is 0 Å². The minimum absolute atomic E-state index is 0.339. The van der Waals surface area contributed by atoms with Gasteiger partial charge in [0.1, 0.15) is 0 Å². The first-order valence-electron chi connectivity index (χ1n) is 6.42. The van der Waals surface area contributed by atoms with Crippen molar-refractivity contribution in [3.63, 3.8) is 0 Å². The second-order valence-electron chi connectivity index (χ2n) is 4.63. The lowest BCUT2D eigenvalue weighted by Crippen LogP contribution is -2.22. The maximum absolute atomic E-state index is 5.47. The lowest BCUT2D eigenvalue weighted by molar-refractivity contribution is 0.0771. The van der Waals surface area contributed by atoms with Gasteiger partial charge in [0.2, 0.25) is 0 Å². The molecular weight excluding hydrogens is 214 g/mol. The topological polar surface area (TPSA) is 39.1 Å². The van der Waals surface area contributed by atoms with Gasteiger partial charge in [-0.15, -0.1) is 0 Å². The van der Waals surface area contributed by atoms with Crippen LogP contribution >= 0.6 is 0 Å². The number of nitrogens with zero attached hydrogens (tertiary/aromatic N) is 2. The molecule has 17 heavy (non-hydrogen) atoms. The number of nitrogens with one attached hydrogen (secondary N) is 1. The van der Waals surface area contributed by atoms with Crippen LogP contribution < -0.4 is 5.32 Å². The molecule has 0 atom stereocenters. The van der Waals surface area contributed by atoms with Gasteiger partial charge >= 0.3 is 0 Å². The molecule has 0 aliphatic heterocycles. The van der Waals surface area contributed by atoms with Gasteiger partial charge in [-0.25, -0.2) is 4.98 Å². The average molecular weight is 239 g/mol. The van der Waals surface area contributed by atoms with Crippen LogP contribution in [0, 0.1) is 13.8 Å². The van der Waals surface area contributed by atoms with E-state index in [1.165, 1.54) is 5.69 Å². The Morgan fingerprint density at radius 1 is 1.35 bits per heavy atom. The van der Waals surface area contributed by atoms with E-state index in [4.69, 9.17) is 4.74 Å². The van der Waals surface area contributed by atoms with E-state index in [9.17, 15) is 0 Å². The predicted octanol–water partition coefficient (Wildman–Crippen LogP) is 1.90. The highest BCUT2D eigenvalue weighted by Gasteiger charge is 2.00.